The number of rotatable bonds is 7. The maximum absolute atomic E-state index is 12.2. The molecule has 0 spiro atoms. The number of aryl methyl sites for hydroxylation is 1. The largest absolute Gasteiger partial charge is 0.480 e. The molecule has 0 radical (unpaired) electrons. The Kier molecular flexibility index (Phi) is 6.16. The average molecular weight is 437 g/mol. The summed E-state index contributed by atoms with van der Waals surface area (Å²) in [6.45, 7) is 2.28. The summed E-state index contributed by atoms with van der Waals surface area (Å²) in [6, 6.07) is 13.1. The molecule has 1 amide bonds. The molecule has 2 N–H and O–H groups in total. The molecule has 0 bridgehead atoms. The van der Waals surface area contributed by atoms with Gasteiger partial charge in [0.25, 0.3) is 5.91 Å². The highest BCUT2D eigenvalue weighted by Crippen LogP contribution is 2.28. The zero-order chi connectivity index (χ0) is 18.5. The predicted octanol–water partition coefficient (Wildman–Crippen LogP) is 4.50. The number of H-pyrrole nitrogens is 1. The summed E-state index contributed by atoms with van der Waals surface area (Å²) in [5, 5.41) is 3.49. The van der Waals surface area contributed by atoms with Crippen molar-refractivity contribution in [2.24, 2.45) is 0 Å². The minimum atomic E-state index is -0.598. The van der Waals surface area contributed by atoms with E-state index >= 15 is 0 Å². The highest BCUT2D eigenvalue weighted by Gasteiger charge is 2.15. The number of carbonyl (C=O) groups excluding carboxylic acids is 1. The van der Waals surface area contributed by atoms with Gasteiger partial charge in [0.2, 0.25) is 0 Å². The van der Waals surface area contributed by atoms with Gasteiger partial charge in [-0.1, -0.05) is 23.7 Å². The first-order valence-corrected chi connectivity index (χ1v) is 9.53. The van der Waals surface area contributed by atoms with Crippen molar-refractivity contribution in [1.82, 2.24) is 15.3 Å². The van der Waals surface area contributed by atoms with E-state index < -0.39 is 6.10 Å². The first-order chi connectivity index (χ1) is 12.5. The summed E-state index contributed by atoms with van der Waals surface area (Å²) in [5.74, 6) is 1.35. The Morgan fingerprint density at radius 1 is 1.35 bits per heavy atom. The number of fused-ring (bicyclic) bond motifs is 1. The van der Waals surface area contributed by atoms with Crippen molar-refractivity contribution >= 4 is 44.5 Å². The Hall–Kier alpha value is -2.05. The van der Waals surface area contributed by atoms with Crippen LogP contribution in [0.3, 0.4) is 0 Å². The summed E-state index contributed by atoms with van der Waals surface area (Å²) in [5.41, 5.74) is 1.99. The minimum Gasteiger partial charge on any atom is -0.480 e. The average Bonchev–Trinajstić information content (AvgIpc) is 3.03. The lowest BCUT2D eigenvalue weighted by molar-refractivity contribution is -0.127. The van der Waals surface area contributed by atoms with Crippen LogP contribution in [0.15, 0.2) is 46.9 Å². The SMILES string of the molecule is C[C@H](Oc1ccc(Cl)cc1Br)C(=O)NCCCc1nc2ccccc2[nH]1. The number of aromatic nitrogens is 2. The second kappa shape index (κ2) is 8.56. The van der Waals surface area contributed by atoms with Crippen molar-refractivity contribution in [3.8, 4) is 5.75 Å². The van der Waals surface area contributed by atoms with Gasteiger partial charge in [-0.3, -0.25) is 4.79 Å². The van der Waals surface area contributed by atoms with Gasteiger partial charge in [-0.25, -0.2) is 4.98 Å². The van der Waals surface area contributed by atoms with Crippen LogP contribution < -0.4 is 10.1 Å². The smallest absolute Gasteiger partial charge is 0.260 e. The van der Waals surface area contributed by atoms with Gasteiger partial charge in [-0.05, 0) is 59.6 Å². The molecule has 1 atom stereocenters. The lowest BCUT2D eigenvalue weighted by Gasteiger charge is -2.15. The summed E-state index contributed by atoms with van der Waals surface area (Å²) >= 11 is 9.28. The number of nitrogens with zero attached hydrogens (tertiary/aromatic N) is 1. The van der Waals surface area contributed by atoms with E-state index in [1.54, 1.807) is 25.1 Å². The Morgan fingerprint density at radius 3 is 2.92 bits per heavy atom. The molecule has 1 aromatic heterocycles. The zero-order valence-electron chi connectivity index (χ0n) is 14.3. The fourth-order valence-electron chi connectivity index (χ4n) is 2.55. The van der Waals surface area contributed by atoms with E-state index in [1.807, 2.05) is 24.3 Å². The number of hydrogen-bond donors (Lipinski definition) is 2. The van der Waals surface area contributed by atoms with Gasteiger partial charge in [0, 0.05) is 18.0 Å². The van der Waals surface area contributed by atoms with Crippen molar-refractivity contribution in [2.45, 2.75) is 25.9 Å². The number of benzene rings is 2. The molecule has 0 saturated carbocycles. The Labute approximate surface area is 165 Å². The van der Waals surface area contributed by atoms with Crippen LogP contribution in [-0.2, 0) is 11.2 Å². The van der Waals surface area contributed by atoms with Crippen molar-refractivity contribution in [3.63, 3.8) is 0 Å². The monoisotopic (exact) mass is 435 g/mol. The molecule has 0 aliphatic carbocycles. The first-order valence-electron chi connectivity index (χ1n) is 8.36. The number of nitrogens with one attached hydrogen (secondary N) is 2. The normalized spacial score (nSPS) is 12.1. The van der Waals surface area contributed by atoms with E-state index in [4.69, 9.17) is 16.3 Å². The first kappa shape index (κ1) is 18.7. The van der Waals surface area contributed by atoms with Crippen LogP contribution in [-0.4, -0.2) is 28.5 Å². The molecule has 0 aliphatic heterocycles. The molecule has 1 heterocycles. The van der Waals surface area contributed by atoms with E-state index in [1.165, 1.54) is 0 Å². The van der Waals surface area contributed by atoms with E-state index in [0.29, 0.717) is 17.3 Å². The summed E-state index contributed by atoms with van der Waals surface area (Å²) in [7, 11) is 0. The second-order valence-corrected chi connectivity index (χ2v) is 7.22. The van der Waals surface area contributed by atoms with Crippen molar-refractivity contribution in [1.29, 1.82) is 0 Å². The number of para-hydroxylation sites is 2. The summed E-state index contributed by atoms with van der Waals surface area (Å²) < 4.78 is 6.40. The Bertz CT molecular complexity index is 880. The molecule has 3 aromatic rings. The summed E-state index contributed by atoms with van der Waals surface area (Å²) in [6.07, 6.45) is 0.967. The standard InChI is InChI=1S/C19H19BrClN3O2/c1-12(26-17-9-8-13(21)11-14(17)20)19(25)22-10-4-7-18-23-15-5-2-3-6-16(15)24-18/h2-3,5-6,8-9,11-12H,4,7,10H2,1H3,(H,22,25)(H,23,24)/t12-/m0/s1. The van der Waals surface area contributed by atoms with Crippen LogP contribution in [0.5, 0.6) is 5.75 Å². The molecule has 0 fully saturated rings. The van der Waals surface area contributed by atoms with E-state index in [9.17, 15) is 4.79 Å². The highest BCUT2D eigenvalue weighted by molar-refractivity contribution is 9.10. The number of halogens is 2. The molecule has 26 heavy (non-hydrogen) atoms. The van der Waals surface area contributed by atoms with Gasteiger partial charge < -0.3 is 15.0 Å². The van der Waals surface area contributed by atoms with Crippen LogP contribution in [0.25, 0.3) is 11.0 Å². The number of aromatic amines is 1. The maximum atomic E-state index is 12.2. The highest BCUT2D eigenvalue weighted by atomic mass is 79.9. The zero-order valence-corrected chi connectivity index (χ0v) is 16.6. The second-order valence-electron chi connectivity index (χ2n) is 5.93. The van der Waals surface area contributed by atoms with Gasteiger partial charge in [0.15, 0.2) is 6.10 Å². The molecular weight excluding hydrogens is 418 g/mol. The van der Waals surface area contributed by atoms with Crippen molar-refractivity contribution in [2.75, 3.05) is 6.54 Å². The lowest BCUT2D eigenvalue weighted by Crippen LogP contribution is -2.37. The van der Waals surface area contributed by atoms with E-state index in [2.05, 4.69) is 31.2 Å². The van der Waals surface area contributed by atoms with Gasteiger partial charge in [0.05, 0.1) is 15.5 Å². The number of ether oxygens (including phenoxy) is 1. The van der Waals surface area contributed by atoms with Crippen LogP contribution in [0, 0.1) is 0 Å². The maximum Gasteiger partial charge on any atom is 0.260 e. The van der Waals surface area contributed by atoms with Crippen LogP contribution in [0.4, 0.5) is 0 Å². The summed E-state index contributed by atoms with van der Waals surface area (Å²) in [4.78, 5) is 20.0. The van der Waals surface area contributed by atoms with Crippen LogP contribution >= 0.6 is 27.5 Å². The van der Waals surface area contributed by atoms with E-state index in [0.717, 1.165) is 34.2 Å². The van der Waals surface area contributed by atoms with Crippen molar-refractivity contribution in [3.05, 3.63) is 57.8 Å². The molecule has 7 heteroatoms. The molecular formula is C19H19BrClN3O2. The molecule has 3 rings (SSSR count). The van der Waals surface area contributed by atoms with Gasteiger partial charge in [0.1, 0.15) is 11.6 Å². The third kappa shape index (κ3) is 4.77. The molecule has 0 aliphatic rings. The fraction of sp³-hybridized carbons (Fsp3) is 0.263. The number of imidazole rings is 1. The molecule has 2 aromatic carbocycles. The minimum absolute atomic E-state index is 0.156. The molecule has 0 unspecified atom stereocenters. The number of carbonyl (C=O) groups is 1. The number of amides is 1. The number of hydrogen-bond acceptors (Lipinski definition) is 3. The third-order valence-electron chi connectivity index (χ3n) is 3.89. The van der Waals surface area contributed by atoms with Gasteiger partial charge in [-0.2, -0.15) is 0 Å². The lowest BCUT2D eigenvalue weighted by atomic mass is 10.3. The van der Waals surface area contributed by atoms with Crippen LogP contribution in [0.1, 0.15) is 19.2 Å². The molecule has 136 valence electrons. The van der Waals surface area contributed by atoms with Gasteiger partial charge >= 0.3 is 0 Å². The molecule has 0 saturated heterocycles. The van der Waals surface area contributed by atoms with E-state index in [-0.39, 0.29) is 5.91 Å². The third-order valence-corrected chi connectivity index (χ3v) is 4.75. The van der Waals surface area contributed by atoms with Gasteiger partial charge in [-0.15, -0.1) is 0 Å². The van der Waals surface area contributed by atoms with Crippen molar-refractivity contribution < 1.29 is 9.53 Å². The fourth-order valence-corrected chi connectivity index (χ4v) is 3.33. The quantitative estimate of drug-likeness (QED) is 0.536. The topological polar surface area (TPSA) is 67.0 Å². The molecule has 5 nitrogen and oxygen atoms in total. The Morgan fingerprint density at radius 2 is 2.15 bits per heavy atom. The Balaban J connectivity index is 1.44. The van der Waals surface area contributed by atoms with Crippen LogP contribution in [0.2, 0.25) is 5.02 Å². The predicted molar refractivity (Wildman–Crippen MR) is 107 cm³/mol.